The van der Waals surface area contributed by atoms with Gasteiger partial charge in [-0.25, -0.2) is 0 Å². The van der Waals surface area contributed by atoms with Crippen molar-refractivity contribution in [3.63, 3.8) is 0 Å². The summed E-state index contributed by atoms with van der Waals surface area (Å²) in [7, 11) is 0. The molecule has 94 valence electrons. The van der Waals surface area contributed by atoms with E-state index in [9.17, 15) is 0 Å². The molecule has 0 aliphatic carbocycles. The number of guanidine groups is 1. The molecule has 0 aliphatic heterocycles. The standard InChI is InChI=1S/C13H15BrN4/c1-2-6-16-13(15)18-11-5-3-4-9-7-10(14)8-17-12(9)11/h3-5,7-8H,2,6H2,1H3,(H3,15,16,18). The van der Waals surface area contributed by atoms with Crippen molar-refractivity contribution in [1.82, 2.24) is 4.98 Å². The summed E-state index contributed by atoms with van der Waals surface area (Å²) in [6.07, 6.45) is 2.75. The molecule has 0 fully saturated rings. The highest BCUT2D eigenvalue weighted by Crippen LogP contribution is 2.23. The lowest BCUT2D eigenvalue weighted by Crippen LogP contribution is -2.23. The van der Waals surface area contributed by atoms with Crippen molar-refractivity contribution in [2.24, 2.45) is 10.7 Å². The molecule has 0 atom stereocenters. The number of anilines is 1. The van der Waals surface area contributed by atoms with E-state index in [-0.39, 0.29) is 0 Å². The zero-order valence-electron chi connectivity index (χ0n) is 10.2. The van der Waals surface area contributed by atoms with E-state index in [2.05, 4.69) is 38.1 Å². The Bertz CT molecular complexity index is 580. The van der Waals surface area contributed by atoms with Gasteiger partial charge < -0.3 is 11.1 Å². The first-order valence-electron chi connectivity index (χ1n) is 5.82. The Hall–Kier alpha value is -1.62. The average Bonchev–Trinajstić information content (AvgIpc) is 2.36. The smallest absolute Gasteiger partial charge is 0.193 e. The first-order chi connectivity index (χ1) is 8.70. The number of para-hydroxylation sites is 1. The second-order valence-corrected chi connectivity index (χ2v) is 4.84. The van der Waals surface area contributed by atoms with Gasteiger partial charge in [0.05, 0.1) is 11.2 Å². The molecule has 0 saturated heterocycles. The Balaban J connectivity index is 2.34. The molecule has 2 aromatic rings. The van der Waals surface area contributed by atoms with Gasteiger partial charge in [-0.2, -0.15) is 0 Å². The Morgan fingerprint density at radius 3 is 3.11 bits per heavy atom. The van der Waals surface area contributed by atoms with Crippen LogP contribution in [0, 0.1) is 0 Å². The predicted octanol–water partition coefficient (Wildman–Crippen LogP) is 3.13. The van der Waals surface area contributed by atoms with Gasteiger partial charge in [0.2, 0.25) is 0 Å². The number of fused-ring (bicyclic) bond motifs is 1. The van der Waals surface area contributed by atoms with Gasteiger partial charge in [-0.15, -0.1) is 0 Å². The molecule has 18 heavy (non-hydrogen) atoms. The van der Waals surface area contributed by atoms with E-state index in [0.29, 0.717) is 5.96 Å². The third-order valence-electron chi connectivity index (χ3n) is 2.45. The summed E-state index contributed by atoms with van der Waals surface area (Å²) in [4.78, 5) is 8.60. The zero-order valence-corrected chi connectivity index (χ0v) is 11.7. The van der Waals surface area contributed by atoms with Crippen LogP contribution in [0.1, 0.15) is 13.3 Å². The summed E-state index contributed by atoms with van der Waals surface area (Å²) in [5, 5.41) is 4.14. The predicted molar refractivity (Wildman–Crippen MR) is 79.8 cm³/mol. The molecule has 0 spiro atoms. The van der Waals surface area contributed by atoms with E-state index in [1.54, 1.807) is 6.20 Å². The highest BCUT2D eigenvalue weighted by atomic mass is 79.9. The number of aliphatic imine (C=N–C) groups is 1. The van der Waals surface area contributed by atoms with Crippen molar-refractivity contribution in [2.75, 3.05) is 11.9 Å². The van der Waals surface area contributed by atoms with Crippen LogP contribution in [0.4, 0.5) is 5.69 Å². The maximum atomic E-state index is 5.81. The number of nitrogens with zero attached hydrogens (tertiary/aromatic N) is 2. The van der Waals surface area contributed by atoms with Crippen LogP contribution in [-0.4, -0.2) is 17.5 Å². The average molecular weight is 307 g/mol. The molecule has 2 rings (SSSR count). The number of pyridine rings is 1. The number of hydrogen-bond donors (Lipinski definition) is 2. The van der Waals surface area contributed by atoms with Crippen LogP contribution in [0.15, 0.2) is 39.9 Å². The molecule has 1 aromatic heterocycles. The van der Waals surface area contributed by atoms with Gasteiger partial charge in [0.15, 0.2) is 5.96 Å². The quantitative estimate of drug-likeness (QED) is 0.676. The maximum Gasteiger partial charge on any atom is 0.193 e. The molecule has 3 N–H and O–H groups in total. The summed E-state index contributed by atoms with van der Waals surface area (Å²) in [6.45, 7) is 2.79. The topological polar surface area (TPSA) is 63.3 Å². The molecule has 0 bridgehead atoms. The van der Waals surface area contributed by atoms with Crippen LogP contribution < -0.4 is 11.1 Å². The number of nitrogens with one attached hydrogen (secondary N) is 1. The van der Waals surface area contributed by atoms with Crippen molar-refractivity contribution in [2.45, 2.75) is 13.3 Å². The van der Waals surface area contributed by atoms with Crippen LogP contribution >= 0.6 is 15.9 Å². The minimum atomic E-state index is 0.425. The van der Waals surface area contributed by atoms with E-state index < -0.39 is 0 Å². The highest BCUT2D eigenvalue weighted by molar-refractivity contribution is 9.10. The fourth-order valence-corrected chi connectivity index (χ4v) is 1.99. The van der Waals surface area contributed by atoms with E-state index in [4.69, 9.17) is 5.73 Å². The normalized spacial score (nSPS) is 11.8. The molecular weight excluding hydrogens is 292 g/mol. The first kappa shape index (κ1) is 12.8. The Morgan fingerprint density at radius 1 is 1.50 bits per heavy atom. The van der Waals surface area contributed by atoms with Gasteiger partial charge in [0, 0.05) is 22.6 Å². The monoisotopic (exact) mass is 306 g/mol. The molecule has 0 amide bonds. The second-order valence-electron chi connectivity index (χ2n) is 3.92. The van der Waals surface area contributed by atoms with Crippen molar-refractivity contribution in [1.29, 1.82) is 0 Å². The SMILES string of the molecule is CCCN=C(N)Nc1cccc2cc(Br)cnc12. The second kappa shape index (κ2) is 5.82. The van der Waals surface area contributed by atoms with Crippen LogP contribution in [-0.2, 0) is 0 Å². The molecular formula is C13H15BrN4. The number of benzene rings is 1. The lowest BCUT2D eigenvalue weighted by Gasteiger charge is -2.08. The van der Waals surface area contributed by atoms with Crippen molar-refractivity contribution >= 4 is 38.5 Å². The largest absolute Gasteiger partial charge is 0.370 e. The van der Waals surface area contributed by atoms with Crippen molar-refractivity contribution in [3.05, 3.63) is 34.9 Å². The van der Waals surface area contributed by atoms with Crippen LogP contribution in [0.25, 0.3) is 10.9 Å². The molecule has 1 heterocycles. The summed E-state index contributed by atoms with van der Waals surface area (Å²) in [5.41, 5.74) is 7.57. The van der Waals surface area contributed by atoms with Gasteiger partial charge in [0.1, 0.15) is 0 Å². The van der Waals surface area contributed by atoms with Gasteiger partial charge in [0.25, 0.3) is 0 Å². The zero-order chi connectivity index (χ0) is 13.0. The number of halogens is 1. The van der Waals surface area contributed by atoms with E-state index in [1.165, 1.54) is 0 Å². The van der Waals surface area contributed by atoms with Gasteiger partial charge in [-0.05, 0) is 34.5 Å². The molecule has 0 unspecified atom stereocenters. The Kier molecular flexibility index (Phi) is 4.15. The lowest BCUT2D eigenvalue weighted by molar-refractivity contribution is 0.929. The fourth-order valence-electron chi connectivity index (χ4n) is 1.64. The van der Waals surface area contributed by atoms with E-state index in [1.807, 2.05) is 24.3 Å². The molecule has 0 aliphatic rings. The molecule has 1 aromatic carbocycles. The van der Waals surface area contributed by atoms with Crippen LogP contribution in [0.5, 0.6) is 0 Å². The van der Waals surface area contributed by atoms with E-state index in [0.717, 1.165) is 34.0 Å². The fraction of sp³-hybridized carbons (Fsp3) is 0.231. The van der Waals surface area contributed by atoms with Gasteiger partial charge >= 0.3 is 0 Å². The van der Waals surface area contributed by atoms with Gasteiger partial charge in [-0.3, -0.25) is 9.98 Å². The Morgan fingerprint density at radius 2 is 2.33 bits per heavy atom. The summed E-state index contributed by atoms with van der Waals surface area (Å²) >= 11 is 3.41. The highest BCUT2D eigenvalue weighted by Gasteiger charge is 2.03. The molecule has 5 heteroatoms. The van der Waals surface area contributed by atoms with Crippen LogP contribution in [0.3, 0.4) is 0 Å². The Labute approximate surface area is 114 Å². The summed E-state index contributed by atoms with van der Waals surface area (Å²) in [5.74, 6) is 0.425. The number of nitrogens with two attached hydrogens (primary N) is 1. The van der Waals surface area contributed by atoms with E-state index >= 15 is 0 Å². The molecule has 4 nitrogen and oxygen atoms in total. The third-order valence-corrected chi connectivity index (χ3v) is 2.88. The number of hydrogen-bond acceptors (Lipinski definition) is 2. The number of aromatic nitrogens is 1. The third kappa shape index (κ3) is 2.98. The molecule has 0 radical (unpaired) electrons. The minimum Gasteiger partial charge on any atom is -0.370 e. The lowest BCUT2D eigenvalue weighted by atomic mass is 10.2. The summed E-state index contributed by atoms with van der Waals surface area (Å²) < 4.78 is 0.958. The van der Waals surface area contributed by atoms with Crippen LogP contribution in [0.2, 0.25) is 0 Å². The number of rotatable bonds is 3. The maximum absolute atomic E-state index is 5.81. The van der Waals surface area contributed by atoms with Crippen molar-refractivity contribution < 1.29 is 0 Å². The molecule has 0 saturated carbocycles. The van der Waals surface area contributed by atoms with Crippen molar-refractivity contribution in [3.8, 4) is 0 Å². The summed E-state index contributed by atoms with van der Waals surface area (Å²) in [6, 6.07) is 7.94. The van der Waals surface area contributed by atoms with Gasteiger partial charge in [-0.1, -0.05) is 19.1 Å². The minimum absolute atomic E-state index is 0.425. The first-order valence-corrected chi connectivity index (χ1v) is 6.61.